The molecule has 0 atom stereocenters. The monoisotopic (exact) mass is 412 g/mol. The summed E-state index contributed by atoms with van der Waals surface area (Å²) in [6.07, 6.45) is 3.38. The number of nitrogens with zero attached hydrogens (tertiary/aromatic N) is 2. The van der Waals surface area contributed by atoms with Crippen molar-refractivity contribution in [2.45, 2.75) is 13.8 Å². The zero-order chi connectivity index (χ0) is 19.9. The van der Waals surface area contributed by atoms with Crippen molar-refractivity contribution in [3.63, 3.8) is 0 Å². The third kappa shape index (κ3) is 4.61. The second-order valence-electron chi connectivity index (χ2n) is 5.68. The van der Waals surface area contributed by atoms with Crippen LogP contribution in [-0.4, -0.2) is 34.7 Å². The van der Waals surface area contributed by atoms with Crippen molar-refractivity contribution in [3.05, 3.63) is 64.6 Å². The van der Waals surface area contributed by atoms with Gasteiger partial charge in [0.05, 0.1) is 24.3 Å². The molecule has 0 saturated carbocycles. The minimum Gasteiger partial charge on any atom is -0.493 e. The number of ether oxygens (including phenoxy) is 2. The molecule has 1 amide bonds. The standard InChI is InChI=1S/C21H20N2O3S2/c1-3-25-17-11-7-5-9-15(17)13-19-20(24)23(21(27)28-19)22-14-16-10-6-8-12-18(16)26-4-2/h5-14H,3-4H2,1-2H3. The van der Waals surface area contributed by atoms with Gasteiger partial charge in [-0.15, -0.1) is 0 Å². The van der Waals surface area contributed by atoms with Crippen LogP contribution in [0.1, 0.15) is 25.0 Å². The van der Waals surface area contributed by atoms with E-state index >= 15 is 0 Å². The van der Waals surface area contributed by atoms with Crippen molar-refractivity contribution in [1.82, 2.24) is 5.01 Å². The maximum Gasteiger partial charge on any atom is 0.286 e. The number of hydrazone groups is 1. The van der Waals surface area contributed by atoms with Gasteiger partial charge in [0, 0.05) is 11.1 Å². The van der Waals surface area contributed by atoms with Gasteiger partial charge in [0.25, 0.3) is 5.91 Å². The van der Waals surface area contributed by atoms with Crippen molar-refractivity contribution in [2.75, 3.05) is 13.2 Å². The SMILES string of the molecule is CCOc1ccccc1C=NN1C(=O)C(=Cc2ccccc2OCC)SC1=S. The first-order valence-corrected chi connectivity index (χ1v) is 10.1. The van der Waals surface area contributed by atoms with E-state index < -0.39 is 0 Å². The summed E-state index contributed by atoms with van der Waals surface area (Å²) in [6, 6.07) is 15.1. The Balaban J connectivity index is 1.83. The molecule has 1 aliphatic heterocycles. The van der Waals surface area contributed by atoms with Gasteiger partial charge in [-0.05, 0) is 50.3 Å². The molecule has 7 heteroatoms. The van der Waals surface area contributed by atoms with E-state index in [1.54, 1.807) is 12.3 Å². The van der Waals surface area contributed by atoms with Crippen LogP contribution in [-0.2, 0) is 4.79 Å². The van der Waals surface area contributed by atoms with Crippen LogP contribution in [0.5, 0.6) is 11.5 Å². The average molecular weight is 413 g/mol. The smallest absolute Gasteiger partial charge is 0.286 e. The van der Waals surface area contributed by atoms with Gasteiger partial charge in [0.2, 0.25) is 0 Å². The Bertz CT molecular complexity index is 941. The predicted molar refractivity (Wildman–Crippen MR) is 118 cm³/mol. The van der Waals surface area contributed by atoms with Crippen LogP contribution < -0.4 is 9.47 Å². The first kappa shape index (κ1) is 20.1. The van der Waals surface area contributed by atoms with Crippen LogP contribution >= 0.6 is 24.0 Å². The van der Waals surface area contributed by atoms with E-state index in [0.717, 1.165) is 16.9 Å². The average Bonchev–Trinajstić information content (AvgIpc) is 2.96. The molecule has 0 N–H and O–H groups in total. The number of carbonyl (C=O) groups is 1. The number of amides is 1. The van der Waals surface area contributed by atoms with Crippen molar-refractivity contribution >= 4 is 46.5 Å². The van der Waals surface area contributed by atoms with Crippen LogP contribution in [0, 0.1) is 0 Å². The number of rotatable bonds is 7. The third-order valence-corrected chi connectivity index (χ3v) is 5.09. The summed E-state index contributed by atoms with van der Waals surface area (Å²) in [5.74, 6) is 1.18. The van der Waals surface area contributed by atoms with Gasteiger partial charge < -0.3 is 9.47 Å². The molecule has 2 aromatic rings. The zero-order valence-corrected chi connectivity index (χ0v) is 17.3. The minimum atomic E-state index is -0.258. The summed E-state index contributed by atoms with van der Waals surface area (Å²) in [5, 5.41) is 5.53. The van der Waals surface area contributed by atoms with Gasteiger partial charge in [0.15, 0.2) is 4.32 Å². The molecule has 144 valence electrons. The second-order valence-corrected chi connectivity index (χ2v) is 7.36. The van der Waals surface area contributed by atoms with E-state index in [9.17, 15) is 4.79 Å². The maximum atomic E-state index is 12.8. The summed E-state index contributed by atoms with van der Waals surface area (Å²) < 4.78 is 11.6. The molecular formula is C21H20N2O3S2. The van der Waals surface area contributed by atoms with E-state index in [4.69, 9.17) is 21.7 Å². The number of thioether (sulfide) groups is 1. The first-order chi connectivity index (χ1) is 13.6. The number of thiocarbonyl (C=S) groups is 1. The van der Waals surface area contributed by atoms with E-state index in [1.165, 1.54) is 16.8 Å². The van der Waals surface area contributed by atoms with E-state index in [0.29, 0.717) is 28.2 Å². The van der Waals surface area contributed by atoms with Gasteiger partial charge in [-0.3, -0.25) is 4.79 Å². The fourth-order valence-electron chi connectivity index (χ4n) is 2.58. The Kier molecular flexibility index (Phi) is 6.84. The molecule has 2 aromatic carbocycles. The van der Waals surface area contributed by atoms with Crippen molar-refractivity contribution in [1.29, 1.82) is 0 Å². The van der Waals surface area contributed by atoms with Gasteiger partial charge in [-0.25, -0.2) is 0 Å². The van der Waals surface area contributed by atoms with Crippen LogP contribution in [0.15, 0.2) is 58.5 Å². The van der Waals surface area contributed by atoms with Crippen molar-refractivity contribution < 1.29 is 14.3 Å². The topological polar surface area (TPSA) is 51.1 Å². The Morgan fingerprint density at radius 2 is 1.57 bits per heavy atom. The van der Waals surface area contributed by atoms with Crippen LogP contribution in [0.25, 0.3) is 6.08 Å². The quantitative estimate of drug-likeness (QED) is 0.374. The highest BCUT2D eigenvalue weighted by Crippen LogP contribution is 2.34. The first-order valence-electron chi connectivity index (χ1n) is 8.89. The lowest BCUT2D eigenvalue weighted by Crippen LogP contribution is -2.22. The number of benzene rings is 2. The highest BCUT2D eigenvalue weighted by molar-refractivity contribution is 8.26. The lowest BCUT2D eigenvalue weighted by molar-refractivity contribution is -0.122. The molecule has 1 aliphatic rings. The zero-order valence-electron chi connectivity index (χ0n) is 15.6. The minimum absolute atomic E-state index is 0.258. The van der Waals surface area contributed by atoms with E-state index in [1.807, 2.05) is 62.4 Å². The summed E-state index contributed by atoms with van der Waals surface area (Å²) in [6.45, 7) is 4.94. The molecule has 0 unspecified atom stereocenters. The Morgan fingerprint density at radius 1 is 1.00 bits per heavy atom. The molecule has 28 heavy (non-hydrogen) atoms. The van der Waals surface area contributed by atoms with Gasteiger partial charge in [0.1, 0.15) is 11.5 Å². The lowest BCUT2D eigenvalue weighted by atomic mass is 10.2. The molecule has 0 spiro atoms. The van der Waals surface area contributed by atoms with E-state index in [-0.39, 0.29) is 5.91 Å². The molecule has 0 radical (unpaired) electrons. The number of carbonyl (C=O) groups excluding carboxylic acids is 1. The molecule has 0 aromatic heterocycles. The molecular weight excluding hydrogens is 392 g/mol. The van der Waals surface area contributed by atoms with E-state index in [2.05, 4.69) is 5.10 Å². The maximum absolute atomic E-state index is 12.8. The predicted octanol–water partition coefficient (Wildman–Crippen LogP) is 4.72. The molecule has 3 rings (SSSR count). The molecule has 5 nitrogen and oxygen atoms in total. The normalized spacial score (nSPS) is 15.6. The molecule has 0 aliphatic carbocycles. The molecule has 0 bridgehead atoms. The highest BCUT2D eigenvalue weighted by atomic mass is 32.2. The largest absolute Gasteiger partial charge is 0.493 e. The number of hydrogen-bond donors (Lipinski definition) is 0. The summed E-state index contributed by atoms with van der Waals surface area (Å²) in [4.78, 5) is 13.3. The molecule has 1 fully saturated rings. The van der Waals surface area contributed by atoms with Gasteiger partial charge >= 0.3 is 0 Å². The van der Waals surface area contributed by atoms with Crippen LogP contribution in [0.2, 0.25) is 0 Å². The lowest BCUT2D eigenvalue weighted by Gasteiger charge is -2.09. The Hall–Kier alpha value is -2.64. The fraction of sp³-hybridized carbons (Fsp3) is 0.190. The third-order valence-electron chi connectivity index (χ3n) is 3.81. The van der Waals surface area contributed by atoms with Gasteiger partial charge in [-0.2, -0.15) is 10.1 Å². The second kappa shape index (κ2) is 9.52. The molecule has 1 saturated heterocycles. The summed E-state index contributed by atoms with van der Waals surface area (Å²) in [5.41, 5.74) is 1.61. The Labute approximate surface area is 174 Å². The summed E-state index contributed by atoms with van der Waals surface area (Å²) in [7, 11) is 0. The fourth-order valence-corrected chi connectivity index (χ4v) is 3.74. The summed E-state index contributed by atoms with van der Waals surface area (Å²) >= 11 is 6.57. The van der Waals surface area contributed by atoms with Crippen molar-refractivity contribution in [3.8, 4) is 11.5 Å². The Morgan fingerprint density at radius 3 is 2.21 bits per heavy atom. The molecule has 1 heterocycles. The van der Waals surface area contributed by atoms with Crippen molar-refractivity contribution in [2.24, 2.45) is 5.10 Å². The number of para-hydroxylation sites is 2. The number of hydrogen-bond acceptors (Lipinski definition) is 6. The van der Waals surface area contributed by atoms with Gasteiger partial charge in [-0.1, -0.05) is 42.1 Å². The van der Waals surface area contributed by atoms with Crippen LogP contribution in [0.3, 0.4) is 0 Å². The highest BCUT2D eigenvalue weighted by Gasteiger charge is 2.32. The van der Waals surface area contributed by atoms with Crippen LogP contribution in [0.4, 0.5) is 0 Å².